The number of benzene rings is 2. The van der Waals surface area contributed by atoms with Crippen LogP contribution in [0.15, 0.2) is 54.6 Å². The monoisotopic (exact) mass is 223 g/mol. The molecule has 17 heavy (non-hydrogen) atoms. The number of hydrogen-bond donors (Lipinski definition) is 1. The van der Waals surface area contributed by atoms with Crippen molar-refractivity contribution in [1.82, 2.24) is 5.32 Å². The van der Waals surface area contributed by atoms with Crippen molar-refractivity contribution in [3.63, 3.8) is 0 Å². The van der Waals surface area contributed by atoms with E-state index in [0.29, 0.717) is 12.0 Å². The van der Waals surface area contributed by atoms with Gasteiger partial charge in [-0.3, -0.25) is 0 Å². The van der Waals surface area contributed by atoms with E-state index in [1.165, 1.54) is 16.7 Å². The Hall–Kier alpha value is -1.60. The fourth-order valence-electron chi connectivity index (χ4n) is 2.68. The molecule has 0 saturated carbocycles. The Labute approximate surface area is 102 Å². The first kappa shape index (κ1) is 10.5. The highest BCUT2D eigenvalue weighted by atomic mass is 14.9. The molecule has 0 aromatic heterocycles. The molecule has 1 nitrogen and oxygen atoms in total. The second-order valence-corrected chi connectivity index (χ2v) is 4.78. The zero-order valence-electron chi connectivity index (χ0n) is 10.1. The second kappa shape index (κ2) is 4.34. The van der Waals surface area contributed by atoms with E-state index in [2.05, 4.69) is 66.8 Å². The van der Waals surface area contributed by atoms with E-state index < -0.39 is 0 Å². The molecule has 0 saturated heterocycles. The summed E-state index contributed by atoms with van der Waals surface area (Å²) < 4.78 is 0. The van der Waals surface area contributed by atoms with Crippen molar-refractivity contribution in [3.05, 3.63) is 71.3 Å². The highest BCUT2D eigenvalue weighted by Gasteiger charge is 2.24. The smallest absolute Gasteiger partial charge is 0.0579 e. The van der Waals surface area contributed by atoms with Gasteiger partial charge in [-0.15, -0.1) is 0 Å². The maximum Gasteiger partial charge on any atom is 0.0579 e. The van der Waals surface area contributed by atoms with Crippen LogP contribution >= 0.6 is 0 Å². The van der Waals surface area contributed by atoms with Crippen molar-refractivity contribution in [2.45, 2.75) is 18.9 Å². The standard InChI is InChI=1S/C16H17N/c1-12-11-17-16(13-7-3-2-4-8-13)15-10-6-5-9-14(12)15/h2-10,12,16-17H,11H2,1H3. The Bertz CT molecular complexity index is 504. The van der Waals surface area contributed by atoms with Gasteiger partial charge in [-0.2, -0.15) is 0 Å². The minimum absolute atomic E-state index is 0.351. The molecule has 0 aliphatic carbocycles. The lowest BCUT2D eigenvalue weighted by atomic mass is 9.85. The maximum absolute atomic E-state index is 3.64. The Kier molecular flexibility index (Phi) is 2.69. The van der Waals surface area contributed by atoms with Gasteiger partial charge in [-0.25, -0.2) is 0 Å². The summed E-state index contributed by atoms with van der Waals surface area (Å²) in [5, 5.41) is 3.64. The third-order valence-electron chi connectivity index (χ3n) is 3.60. The molecule has 0 spiro atoms. The van der Waals surface area contributed by atoms with Crippen LogP contribution in [0.25, 0.3) is 0 Å². The Balaban J connectivity index is 2.07. The summed E-state index contributed by atoms with van der Waals surface area (Å²) in [5.74, 6) is 0.603. The molecule has 1 aliphatic heterocycles. The molecule has 2 unspecified atom stereocenters. The van der Waals surface area contributed by atoms with Crippen molar-refractivity contribution >= 4 is 0 Å². The zero-order chi connectivity index (χ0) is 11.7. The van der Waals surface area contributed by atoms with Gasteiger partial charge < -0.3 is 5.32 Å². The van der Waals surface area contributed by atoms with Gasteiger partial charge >= 0.3 is 0 Å². The second-order valence-electron chi connectivity index (χ2n) is 4.78. The largest absolute Gasteiger partial charge is 0.306 e. The van der Waals surface area contributed by atoms with E-state index in [9.17, 15) is 0 Å². The Morgan fingerprint density at radius 1 is 0.882 bits per heavy atom. The lowest BCUT2D eigenvalue weighted by Gasteiger charge is -2.31. The van der Waals surface area contributed by atoms with Crippen LogP contribution in [0.1, 0.15) is 35.6 Å². The lowest BCUT2D eigenvalue weighted by molar-refractivity contribution is 0.516. The predicted octanol–water partition coefficient (Wildman–Crippen LogP) is 3.48. The maximum atomic E-state index is 3.64. The minimum atomic E-state index is 0.351. The Morgan fingerprint density at radius 3 is 2.29 bits per heavy atom. The van der Waals surface area contributed by atoms with E-state index in [-0.39, 0.29) is 0 Å². The summed E-state index contributed by atoms with van der Waals surface area (Å²) in [4.78, 5) is 0. The van der Waals surface area contributed by atoms with Gasteiger partial charge in [0.2, 0.25) is 0 Å². The summed E-state index contributed by atoms with van der Waals surface area (Å²) in [7, 11) is 0. The van der Waals surface area contributed by atoms with Crippen LogP contribution in [0.5, 0.6) is 0 Å². The van der Waals surface area contributed by atoms with Crippen LogP contribution in [-0.4, -0.2) is 6.54 Å². The van der Waals surface area contributed by atoms with Gasteiger partial charge in [-0.1, -0.05) is 61.5 Å². The average molecular weight is 223 g/mol. The molecular formula is C16H17N. The molecule has 0 radical (unpaired) electrons. The van der Waals surface area contributed by atoms with Gasteiger partial charge in [0.25, 0.3) is 0 Å². The number of nitrogens with one attached hydrogen (secondary N) is 1. The van der Waals surface area contributed by atoms with Crippen LogP contribution in [0.4, 0.5) is 0 Å². The van der Waals surface area contributed by atoms with E-state index in [4.69, 9.17) is 0 Å². The van der Waals surface area contributed by atoms with Gasteiger partial charge in [0, 0.05) is 6.54 Å². The summed E-state index contributed by atoms with van der Waals surface area (Å²) in [6, 6.07) is 19.8. The normalized spacial score (nSPS) is 23.1. The van der Waals surface area contributed by atoms with Crippen molar-refractivity contribution in [2.75, 3.05) is 6.54 Å². The molecule has 0 fully saturated rings. The highest BCUT2D eigenvalue weighted by molar-refractivity contribution is 5.41. The molecule has 2 aromatic carbocycles. The fourth-order valence-corrected chi connectivity index (χ4v) is 2.68. The topological polar surface area (TPSA) is 12.0 Å². The van der Waals surface area contributed by atoms with Gasteiger partial charge in [0.05, 0.1) is 6.04 Å². The third-order valence-corrected chi connectivity index (χ3v) is 3.60. The molecule has 2 atom stereocenters. The quantitative estimate of drug-likeness (QED) is 0.780. The molecule has 0 bridgehead atoms. The van der Waals surface area contributed by atoms with Crippen LogP contribution in [0.3, 0.4) is 0 Å². The van der Waals surface area contributed by atoms with Crippen LogP contribution in [0, 0.1) is 0 Å². The van der Waals surface area contributed by atoms with E-state index in [1.807, 2.05) is 0 Å². The van der Waals surface area contributed by atoms with Gasteiger partial charge in [-0.05, 0) is 22.6 Å². The lowest BCUT2D eigenvalue weighted by Crippen LogP contribution is -2.32. The minimum Gasteiger partial charge on any atom is -0.306 e. The molecule has 1 heterocycles. The first-order valence-electron chi connectivity index (χ1n) is 6.23. The van der Waals surface area contributed by atoms with E-state index >= 15 is 0 Å². The van der Waals surface area contributed by atoms with Crippen molar-refractivity contribution in [1.29, 1.82) is 0 Å². The van der Waals surface area contributed by atoms with E-state index in [0.717, 1.165) is 6.54 Å². The van der Waals surface area contributed by atoms with Crippen LogP contribution < -0.4 is 5.32 Å². The zero-order valence-corrected chi connectivity index (χ0v) is 10.1. The molecule has 3 rings (SSSR count). The first-order chi connectivity index (χ1) is 8.36. The number of hydrogen-bond acceptors (Lipinski definition) is 1. The molecule has 1 N–H and O–H groups in total. The van der Waals surface area contributed by atoms with Crippen LogP contribution in [0.2, 0.25) is 0 Å². The first-order valence-corrected chi connectivity index (χ1v) is 6.23. The summed E-state index contributed by atoms with van der Waals surface area (Å²) in [6.07, 6.45) is 0. The molecular weight excluding hydrogens is 206 g/mol. The Morgan fingerprint density at radius 2 is 1.53 bits per heavy atom. The molecule has 86 valence electrons. The average Bonchev–Trinajstić information content (AvgIpc) is 2.41. The van der Waals surface area contributed by atoms with Crippen LogP contribution in [-0.2, 0) is 0 Å². The SMILES string of the molecule is CC1CNC(c2ccccc2)c2ccccc21. The van der Waals surface area contributed by atoms with E-state index in [1.54, 1.807) is 0 Å². The van der Waals surface area contributed by atoms with Crippen molar-refractivity contribution in [3.8, 4) is 0 Å². The summed E-state index contributed by atoms with van der Waals surface area (Å²) in [5.41, 5.74) is 4.27. The highest BCUT2D eigenvalue weighted by Crippen LogP contribution is 2.33. The summed E-state index contributed by atoms with van der Waals surface area (Å²) in [6.45, 7) is 3.34. The molecule has 1 aliphatic rings. The predicted molar refractivity (Wildman–Crippen MR) is 71.1 cm³/mol. The van der Waals surface area contributed by atoms with Crippen molar-refractivity contribution in [2.24, 2.45) is 0 Å². The summed E-state index contributed by atoms with van der Waals surface area (Å²) >= 11 is 0. The van der Waals surface area contributed by atoms with Crippen molar-refractivity contribution < 1.29 is 0 Å². The molecule has 1 heteroatoms. The number of rotatable bonds is 1. The molecule has 0 amide bonds. The van der Waals surface area contributed by atoms with Gasteiger partial charge in [0.15, 0.2) is 0 Å². The third kappa shape index (κ3) is 1.87. The number of fused-ring (bicyclic) bond motifs is 1. The molecule has 2 aromatic rings. The fraction of sp³-hybridized carbons (Fsp3) is 0.250. The van der Waals surface area contributed by atoms with Gasteiger partial charge in [0.1, 0.15) is 0 Å².